The van der Waals surface area contributed by atoms with Crippen molar-refractivity contribution in [2.45, 2.75) is 12.0 Å². The van der Waals surface area contributed by atoms with E-state index in [1.54, 1.807) is 18.2 Å². The van der Waals surface area contributed by atoms with Crippen molar-refractivity contribution in [1.82, 2.24) is 0 Å². The number of rotatable bonds is 1. The summed E-state index contributed by atoms with van der Waals surface area (Å²) in [5.74, 6) is 0.135. The van der Waals surface area contributed by atoms with E-state index in [2.05, 4.69) is 0 Å². The van der Waals surface area contributed by atoms with Gasteiger partial charge in [-0.15, -0.1) is 0 Å². The minimum absolute atomic E-state index is 0.135. The van der Waals surface area contributed by atoms with Gasteiger partial charge in [-0.1, -0.05) is 18.2 Å². The Morgan fingerprint density at radius 2 is 2.29 bits per heavy atom. The van der Waals surface area contributed by atoms with Crippen LogP contribution in [0, 0.1) is 0 Å². The molecule has 14 heavy (non-hydrogen) atoms. The summed E-state index contributed by atoms with van der Waals surface area (Å²) in [6.07, 6.45) is 4.99. The molecule has 0 saturated carbocycles. The van der Waals surface area contributed by atoms with Crippen LogP contribution in [0.2, 0.25) is 0 Å². The number of phenolic OH excluding ortho intramolecular Hbond substituents is 1. The van der Waals surface area contributed by atoms with Crippen LogP contribution >= 0.6 is 0 Å². The predicted molar refractivity (Wildman–Crippen MR) is 53.7 cm³/mol. The summed E-state index contributed by atoms with van der Waals surface area (Å²) < 4.78 is 0. The summed E-state index contributed by atoms with van der Waals surface area (Å²) >= 11 is 0. The molecule has 72 valence electrons. The van der Waals surface area contributed by atoms with Crippen molar-refractivity contribution >= 4 is 12.4 Å². The molecule has 0 aliphatic heterocycles. The largest absolute Gasteiger partial charge is 0.508 e. The molecule has 2 rings (SSSR count). The summed E-state index contributed by atoms with van der Waals surface area (Å²) in [6.45, 7) is 0. The molecule has 0 aromatic heterocycles. The van der Waals surface area contributed by atoms with Gasteiger partial charge in [0, 0.05) is 0 Å². The number of carbonyl (C=O) groups excluding carboxylic acids is 1. The first-order chi connectivity index (χ1) is 6.65. The fourth-order valence-corrected chi connectivity index (χ4v) is 1.70. The Labute approximate surface area is 81.9 Å². The number of aromatic hydroxyl groups is 1. The summed E-state index contributed by atoms with van der Waals surface area (Å²) in [6, 6.07) is 4.89. The number of fused-ring (bicyclic) bond motifs is 1. The third kappa shape index (κ3) is 1.22. The maximum atomic E-state index is 10.9. The molecule has 1 aliphatic carbocycles. The molecule has 3 heteroatoms. The van der Waals surface area contributed by atoms with E-state index in [1.807, 2.05) is 12.2 Å². The van der Waals surface area contributed by atoms with Crippen LogP contribution in [0.5, 0.6) is 5.75 Å². The smallest absolute Gasteiger partial charge is 0.144 e. The van der Waals surface area contributed by atoms with Gasteiger partial charge >= 0.3 is 0 Å². The summed E-state index contributed by atoms with van der Waals surface area (Å²) in [4.78, 5) is 10.9. The van der Waals surface area contributed by atoms with Gasteiger partial charge < -0.3 is 15.6 Å². The number of aldehydes is 1. The molecule has 1 aliphatic rings. The quantitative estimate of drug-likeness (QED) is 0.651. The molecule has 3 nitrogen and oxygen atoms in total. The number of nitrogens with two attached hydrogens (primary N) is 1. The van der Waals surface area contributed by atoms with Gasteiger partial charge in [0.1, 0.15) is 17.6 Å². The maximum absolute atomic E-state index is 10.9. The molecule has 0 radical (unpaired) electrons. The molecule has 1 aromatic carbocycles. The van der Waals surface area contributed by atoms with Crippen molar-refractivity contribution in [2.24, 2.45) is 5.73 Å². The number of carbonyl (C=O) groups is 1. The lowest BCUT2D eigenvalue weighted by atomic mass is 9.82. The zero-order valence-electron chi connectivity index (χ0n) is 7.60. The highest BCUT2D eigenvalue weighted by Crippen LogP contribution is 2.32. The molecule has 1 aromatic rings. The molecule has 0 bridgehead atoms. The second-order valence-electron chi connectivity index (χ2n) is 3.54. The molecule has 0 heterocycles. The number of phenols is 1. The molecule has 1 atom stereocenters. The molecule has 0 amide bonds. The average Bonchev–Trinajstić information content (AvgIpc) is 2.20. The van der Waals surface area contributed by atoms with Crippen molar-refractivity contribution in [3.05, 3.63) is 35.4 Å². The lowest BCUT2D eigenvalue weighted by Crippen LogP contribution is -2.39. The molecule has 0 saturated heterocycles. The lowest BCUT2D eigenvalue weighted by molar-refractivity contribution is -0.112. The molecule has 1 unspecified atom stereocenters. The Kier molecular flexibility index (Phi) is 1.89. The first kappa shape index (κ1) is 8.97. The van der Waals surface area contributed by atoms with Crippen molar-refractivity contribution in [3.8, 4) is 5.75 Å². The standard InChI is InChI=1S/C11H11NO2/c12-11(7-13)5-1-2-8-3-4-9(14)6-10(8)11/h1-4,6-7,14H,5,12H2. The van der Waals surface area contributed by atoms with Gasteiger partial charge in [-0.05, 0) is 29.7 Å². The summed E-state index contributed by atoms with van der Waals surface area (Å²) in [5.41, 5.74) is 6.51. The van der Waals surface area contributed by atoms with Crippen LogP contribution in [0.4, 0.5) is 0 Å². The van der Waals surface area contributed by atoms with Gasteiger partial charge in [-0.2, -0.15) is 0 Å². The predicted octanol–water partition coefficient (Wildman–Crippen LogP) is 1.16. The van der Waals surface area contributed by atoms with E-state index in [-0.39, 0.29) is 5.75 Å². The van der Waals surface area contributed by atoms with E-state index >= 15 is 0 Å². The Hall–Kier alpha value is -1.61. The summed E-state index contributed by atoms with van der Waals surface area (Å²) in [5, 5.41) is 9.32. The van der Waals surface area contributed by atoms with Gasteiger partial charge in [0.15, 0.2) is 0 Å². The van der Waals surface area contributed by atoms with Gasteiger partial charge in [0.2, 0.25) is 0 Å². The number of benzene rings is 1. The van der Waals surface area contributed by atoms with Crippen LogP contribution < -0.4 is 5.73 Å². The SMILES string of the molecule is NC1(C=O)CC=Cc2ccc(O)cc21. The zero-order chi connectivity index (χ0) is 10.2. The Morgan fingerprint density at radius 3 is 3.00 bits per heavy atom. The van der Waals surface area contributed by atoms with Gasteiger partial charge in [-0.3, -0.25) is 0 Å². The Bertz CT molecular complexity index is 412. The van der Waals surface area contributed by atoms with Gasteiger partial charge in [0.05, 0.1) is 0 Å². The van der Waals surface area contributed by atoms with E-state index in [1.165, 1.54) is 0 Å². The highest BCUT2D eigenvalue weighted by Gasteiger charge is 2.30. The topological polar surface area (TPSA) is 63.3 Å². The third-order valence-electron chi connectivity index (χ3n) is 2.50. The first-order valence-electron chi connectivity index (χ1n) is 4.41. The van der Waals surface area contributed by atoms with Crippen LogP contribution in [0.25, 0.3) is 6.08 Å². The fraction of sp³-hybridized carbons (Fsp3) is 0.182. The highest BCUT2D eigenvalue weighted by molar-refractivity contribution is 5.75. The van der Waals surface area contributed by atoms with Gasteiger partial charge in [-0.25, -0.2) is 0 Å². The fourth-order valence-electron chi connectivity index (χ4n) is 1.70. The maximum Gasteiger partial charge on any atom is 0.144 e. The molecular formula is C11H11NO2. The molecule has 0 fully saturated rings. The average molecular weight is 189 g/mol. The first-order valence-corrected chi connectivity index (χ1v) is 4.41. The molecular weight excluding hydrogens is 178 g/mol. The van der Waals surface area contributed by atoms with Crippen LogP contribution in [0.15, 0.2) is 24.3 Å². The van der Waals surface area contributed by atoms with Crippen molar-refractivity contribution in [3.63, 3.8) is 0 Å². The van der Waals surface area contributed by atoms with Gasteiger partial charge in [0.25, 0.3) is 0 Å². The van der Waals surface area contributed by atoms with E-state index in [0.717, 1.165) is 11.8 Å². The zero-order valence-corrected chi connectivity index (χ0v) is 7.60. The molecule has 3 N–H and O–H groups in total. The number of hydrogen-bond donors (Lipinski definition) is 2. The minimum atomic E-state index is -0.983. The lowest BCUT2D eigenvalue weighted by Gasteiger charge is -2.27. The van der Waals surface area contributed by atoms with E-state index < -0.39 is 5.54 Å². The van der Waals surface area contributed by atoms with Crippen LogP contribution in [0.1, 0.15) is 17.5 Å². The number of hydrogen-bond acceptors (Lipinski definition) is 3. The van der Waals surface area contributed by atoms with E-state index in [4.69, 9.17) is 5.73 Å². The second-order valence-corrected chi connectivity index (χ2v) is 3.54. The minimum Gasteiger partial charge on any atom is -0.508 e. The Morgan fingerprint density at radius 1 is 1.50 bits per heavy atom. The van der Waals surface area contributed by atoms with E-state index in [0.29, 0.717) is 12.0 Å². The Balaban J connectivity index is 2.64. The van der Waals surface area contributed by atoms with Crippen LogP contribution in [-0.4, -0.2) is 11.4 Å². The van der Waals surface area contributed by atoms with Crippen LogP contribution in [0.3, 0.4) is 0 Å². The van der Waals surface area contributed by atoms with Crippen LogP contribution in [-0.2, 0) is 10.3 Å². The summed E-state index contributed by atoms with van der Waals surface area (Å²) in [7, 11) is 0. The van der Waals surface area contributed by atoms with E-state index in [9.17, 15) is 9.90 Å². The van der Waals surface area contributed by atoms with Crippen molar-refractivity contribution < 1.29 is 9.90 Å². The van der Waals surface area contributed by atoms with Crippen molar-refractivity contribution in [1.29, 1.82) is 0 Å². The second kappa shape index (κ2) is 2.96. The third-order valence-corrected chi connectivity index (χ3v) is 2.50. The monoisotopic (exact) mass is 189 g/mol. The van der Waals surface area contributed by atoms with Crippen molar-refractivity contribution in [2.75, 3.05) is 0 Å². The molecule has 0 spiro atoms. The normalized spacial score (nSPS) is 24.4. The highest BCUT2D eigenvalue weighted by atomic mass is 16.3.